The predicted octanol–water partition coefficient (Wildman–Crippen LogP) is 4.65. The molecule has 0 aliphatic heterocycles. The maximum atomic E-state index is 11.1. The molecule has 0 amide bonds. The Morgan fingerprint density at radius 1 is 1.00 bits per heavy atom. The second kappa shape index (κ2) is 7.87. The highest BCUT2D eigenvalue weighted by Gasteiger charge is 2.12. The summed E-state index contributed by atoms with van der Waals surface area (Å²) in [5, 5.41) is 9.10. The van der Waals surface area contributed by atoms with Crippen molar-refractivity contribution in [3.8, 4) is 17.4 Å². The van der Waals surface area contributed by atoms with Gasteiger partial charge in [0, 0.05) is 13.1 Å². The van der Waals surface area contributed by atoms with Crippen molar-refractivity contribution in [3.63, 3.8) is 0 Å². The third-order valence-corrected chi connectivity index (χ3v) is 4.65. The minimum absolute atomic E-state index is 0.173. The summed E-state index contributed by atoms with van der Waals surface area (Å²) in [4.78, 5) is 20.3. The van der Waals surface area contributed by atoms with E-state index in [4.69, 9.17) is 14.6 Å². The Kier molecular flexibility index (Phi) is 5.10. The SMILES string of the molecule is Cc1cc(C)cc(Oc2ccc3nc(COc4cccc(C(=O)O)c4)n(C)c3n2)c1. The molecule has 7 heteroatoms. The molecule has 0 radical (unpaired) electrons. The molecule has 0 saturated heterocycles. The fraction of sp³-hybridized carbons (Fsp3) is 0.174. The van der Waals surface area contributed by atoms with Crippen LogP contribution < -0.4 is 9.47 Å². The van der Waals surface area contributed by atoms with E-state index < -0.39 is 5.97 Å². The van der Waals surface area contributed by atoms with Gasteiger partial charge in [0.15, 0.2) is 5.65 Å². The van der Waals surface area contributed by atoms with Crippen LogP contribution in [0.15, 0.2) is 54.6 Å². The number of carboxylic acids is 1. The summed E-state index contributed by atoms with van der Waals surface area (Å²) in [5.74, 6) is 1.36. The number of imidazole rings is 1. The van der Waals surface area contributed by atoms with E-state index in [-0.39, 0.29) is 12.2 Å². The number of hydrogen-bond acceptors (Lipinski definition) is 5. The lowest BCUT2D eigenvalue weighted by Crippen LogP contribution is -2.04. The number of aromatic carboxylic acids is 1. The molecule has 0 atom stereocenters. The van der Waals surface area contributed by atoms with Gasteiger partial charge in [-0.3, -0.25) is 0 Å². The highest BCUT2D eigenvalue weighted by molar-refractivity contribution is 5.88. The van der Waals surface area contributed by atoms with Gasteiger partial charge in [-0.15, -0.1) is 0 Å². The molecule has 7 nitrogen and oxygen atoms in total. The molecular weight excluding hydrogens is 382 g/mol. The lowest BCUT2D eigenvalue weighted by molar-refractivity contribution is 0.0696. The summed E-state index contributed by atoms with van der Waals surface area (Å²) < 4.78 is 13.5. The van der Waals surface area contributed by atoms with Crippen LogP contribution in [-0.2, 0) is 13.7 Å². The Bertz CT molecular complexity index is 1230. The maximum absolute atomic E-state index is 11.1. The van der Waals surface area contributed by atoms with E-state index in [2.05, 4.69) is 16.0 Å². The van der Waals surface area contributed by atoms with Crippen LogP contribution in [-0.4, -0.2) is 25.6 Å². The summed E-state index contributed by atoms with van der Waals surface area (Å²) in [6.45, 7) is 4.23. The lowest BCUT2D eigenvalue weighted by atomic mass is 10.1. The number of aromatic nitrogens is 3. The number of hydrogen-bond donors (Lipinski definition) is 1. The topological polar surface area (TPSA) is 86.5 Å². The van der Waals surface area contributed by atoms with Crippen molar-refractivity contribution in [1.29, 1.82) is 0 Å². The standard InChI is InChI=1S/C23H21N3O4/c1-14-9-15(2)11-18(10-14)30-21-8-7-19-22(25-21)26(3)20(24-19)13-29-17-6-4-5-16(12-17)23(27)28/h4-12H,13H2,1-3H3,(H,27,28). The number of aryl methyl sites for hydroxylation is 3. The van der Waals surface area contributed by atoms with Gasteiger partial charge in [0.2, 0.25) is 5.88 Å². The summed E-state index contributed by atoms with van der Waals surface area (Å²) in [7, 11) is 1.86. The quantitative estimate of drug-likeness (QED) is 0.504. The molecule has 0 saturated carbocycles. The van der Waals surface area contributed by atoms with Crippen molar-refractivity contribution in [2.45, 2.75) is 20.5 Å². The van der Waals surface area contributed by atoms with Crippen molar-refractivity contribution in [1.82, 2.24) is 14.5 Å². The molecule has 0 unspecified atom stereocenters. The summed E-state index contributed by atoms with van der Waals surface area (Å²) >= 11 is 0. The Balaban J connectivity index is 1.55. The monoisotopic (exact) mass is 403 g/mol. The Morgan fingerprint density at radius 3 is 2.50 bits per heavy atom. The minimum Gasteiger partial charge on any atom is -0.486 e. The van der Waals surface area contributed by atoms with Gasteiger partial charge >= 0.3 is 5.97 Å². The molecule has 2 aromatic heterocycles. The number of nitrogens with zero attached hydrogens (tertiary/aromatic N) is 3. The molecule has 2 heterocycles. The molecular formula is C23H21N3O4. The second-order valence-corrected chi connectivity index (χ2v) is 7.13. The normalized spacial score (nSPS) is 10.9. The van der Waals surface area contributed by atoms with E-state index in [1.54, 1.807) is 18.2 Å². The van der Waals surface area contributed by atoms with Crippen LogP contribution in [0, 0.1) is 13.8 Å². The molecule has 4 rings (SSSR count). The predicted molar refractivity (Wildman–Crippen MR) is 112 cm³/mol. The average Bonchev–Trinajstić information content (AvgIpc) is 3.01. The number of ether oxygens (including phenoxy) is 2. The van der Waals surface area contributed by atoms with Crippen LogP contribution >= 0.6 is 0 Å². The summed E-state index contributed by atoms with van der Waals surface area (Å²) in [6.07, 6.45) is 0. The first-order chi connectivity index (χ1) is 14.4. The molecule has 0 spiro atoms. The van der Waals surface area contributed by atoms with Gasteiger partial charge in [-0.05, 0) is 61.4 Å². The van der Waals surface area contributed by atoms with Gasteiger partial charge < -0.3 is 19.1 Å². The van der Waals surface area contributed by atoms with Crippen LogP contribution in [0.4, 0.5) is 0 Å². The average molecular weight is 403 g/mol. The Labute approximate surface area is 173 Å². The molecule has 152 valence electrons. The number of carboxylic acid groups (broad SMARTS) is 1. The van der Waals surface area contributed by atoms with Crippen molar-refractivity contribution >= 4 is 17.1 Å². The Hall–Kier alpha value is -3.87. The Morgan fingerprint density at radius 2 is 1.77 bits per heavy atom. The van der Waals surface area contributed by atoms with E-state index in [0.29, 0.717) is 23.1 Å². The molecule has 0 fully saturated rings. The van der Waals surface area contributed by atoms with Gasteiger partial charge in [0.05, 0.1) is 5.56 Å². The van der Waals surface area contributed by atoms with Crippen LogP contribution in [0.25, 0.3) is 11.2 Å². The van der Waals surface area contributed by atoms with Crippen molar-refractivity contribution in [2.24, 2.45) is 7.05 Å². The highest BCUT2D eigenvalue weighted by Crippen LogP contribution is 2.25. The zero-order chi connectivity index (χ0) is 21.3. The van der Waals surface area contributed by atoms with E-state index >= 15 is 0 Å². The van der Waals surface area contributed by atoms with Crippen LogP contribution in [0.3, 0.4) is 0 Å². The molecule has 4 aromatic rings. The number of rotatable bonds is 6. The smallest absolute Gasteiger partial charge is 0.335 e. The third-order valence-electron chi connectivity index (χ3n) is 4.65. The number of pyridine rings is 1. The van der Waals surface area contributed by atoms with E-state index in [1.165, 1.54) is 12.1 Å². The highest BCUT2D eigenvalue weighted by atomic mass is 16.5. The second-order valence-electron chi connectivity index (χ2n) is 7.13. The first-order valence-corrected chi connectivity index (χ1v) is 9.44. The summed E-state index contributed by atoms with van der Waals surface area (Å²) in [5.41, 5.74) is 3.82. The number of fused-ring (bicyclic) bond motifs is 1. The first kappa shape index (κ1) is 19.4. The minimum atomic E-state index is -0.997. The van der Waals surface area contributed by atoms with Gasteiger partial charge in [0.25, 0.3) is 0 Å². The molecule has 30 heavy (non-hydrogen) atoms. The van der Waals surface area contributed by atoms with E-state index in [1.807, 2.05) is 43.7 Å². The largest absolute Gasteiger partial charge is 0.486 e. The zero-order valence-corrected chi connectivity index (χ0v) is 16.9. The van der Waals surface area contributed by atoms with Crippen LogP contribution in [0.2, 0.25) is 0 Å². The van der Waals surface area contributed by atoms with E-state index in [9.17, 15) is 4.79 Å². The number of benzene rings is 2. The molecule has 2 aromatic carbocycles. The third kappa shape index (κ3) is 4.10. The van der Waals surface area contributed by atoms with Crippen molar-refractivity contribution in [3.05, 3.63) is 77.1 Å². The fourth-order valence-corrected chi connectivity index (χ4v) is 3.26. The zero-order valence-electron chi connectivity index (χ0n) is 16.9. The van der Waals surface area contributed by atoms with Gasteiger partial charge in [0.1, 0.15) is 29.4 Å². The molecule has 0 aliphatic rings. The molecule has 0 bridgehead atoms. The van der Waals surface area contributed by atoms with Crippen LogP contribution in [0.5, 0.6) is 17.4 Å². The number of carbonyl (C=O) groups is 1. The lowest BCUT2D eigenvalue weighted by Gasteiger charge is -2.08. The van der Waals surface area contributed by atoms with Crippen molar-refractivity contribution in [2.75, 3.05) is 0 Å². The first-order valence-electron chi connectivity index (χ1n) is 9.44. The van der Waals surface area contributed by atoms with Gasteiger partial charge in [-0.25, -0.2) is 9.78 Å². The molecule has 1 N–H and O–H groups in total. The molecule has 0 aliphatic carbocycles. The maximum Gasteiger partial charge on any atom is 0.335 e. The van der Waals surface area contributed by atoms with Gasteiger partial charge in [-0.1, -0.05) is 12.1 Å². The van der Waals surface area contributed by atoms with Gasteiger partial charge in [-0.2, -0.15) is 4.98 Å². The van der Waals surface area contributed by atoms with Crippen molar-refractivity contribution < 1.29 is 19.4 Å². The fourth-order valence-electron chi connectivity index (χ4n) is 3.26. The van der Waals surface area contributed by atoms with Crippen LogP contribution in [0.1, 0.15) is 27.3 Å². The summed E-state index contributed by atoms with van der Waals surface area (Å²) in [6, 6.07) is 16.0. The van der Waals surface area contributed by atoms with E-state index in [0.717, 1.165) is 22.4 Å².